The molecule has 0 saturated carbocycles. The Kier molecular flexibility index (Phi) is 8.25. The minimum Gasteiger partial charge on any atom is -0.356 e. The number of aromatic amines is 1. The van der Waals surface area contributed by atoms with Crippen molar-refractivity contribution >= 4 is 29.9 Å². The van der Waals surface area contributed by atoms with Crippen molar-refractivity contribution in [3.05, 3.63) is 78.0 Å². The molecule has 7 heteroatoms. The molecule has 142 valence electrons. The molecule has 3 N–H and O–H groups in total. The van der Waals surface area contributed by atoms with Gasteiger partial charge in [-0.15, -0.1) is 24.0 Å². The second kappa shape index (κ2) is 10.7. The molecule has 0 radical (unpaired) electrons. The molecule has 1 heterocycles. The summed E-state index contributed by atoms with van der Waals surface area (Å²) >= 11 is 0. The fourth-order valence-corrected chi connectivity index (χ4v) is 2.62. The largest absolute Gasteiger partial charge is 0.356 e. The first-order valence-corrected chi connectivity index (χ1v) is 8.53. The van der Waals surface area contributed by atoms with Crippen molar-refractivity contribution in [3.8, 4) is 11.3 Å². The molecule has 3 aromatic rings. The first-order chi connectivity index (χ1) is 12.7. The normalized spacial score (nSPS) is 11.0. The monoisotopic (exact) mass is 479 g/mol. The predicted octanol–water partition coefficient (Wildman–Crippen LogP) is 3.74. The molecule has 0 aliphatic heterocycles. The minimum absolute atomic E-state index is 0. The standard InChI is InChI=1S/C20H22FN5.HI/c1-22-20(23-11-10-15-6-5-9-17(21)12-15)25-14-19-24-13-18(26-19)16-7-3-2-4-8-16;/h2-9,12-13H,10-11,14H2,1H3,(H,24,26)(H2,22,23,25);1H. The number of aliphatic imine (C=N–C) groups is 1. The summed E-state index contributed by atoms with van der Waals surface area (Å²) in [5.74, 6) is 1.30. The molecule has 27 heavy (non-hydrogen) atoms. The highest BCUT2D eigenvalue weighted by atomic mass is 127. The van der Waals surface area contributed by atoms with Crippen LogP contribution in [0.3, 0.4) is 0 Å². The molecule has 0 bridgehead atoms. The van der Waals surface area contributed by atoms with Crippen LogP contribution in [0.2, 0.25) is 0 Å². The topological polar surface area (TPSA) is 65.1 Å². The Morgan fingerprint density at radius 1 is 1.11 bits per heavy atom. The van der Waals surface area contributed by atoms with Gasteiger partial charge in [-0.1, -0.05) is 42.5 Å². The lowest BCUT2D eigenvalue weighted by Crippen LogP contribution is -2.38. The van der Waals surface area contributed by atoms with Crippen LogP contribution in [-0.4, -0.2) is 29.5 Å². The Balaban J connectivity index is 0.00000261. The van der Waals surface area contributed by atoms with Gasteiger partial charge < -0.3 is 15.6 Å². The fraction of sp³-hybridized carbons (Fsp3) is 0.200. The third-order valence-corrected chi connectivity index (χ3v) is 3.96. The van der Waals surface area contributed by atoms with Crippen molar-refractivity contribution in [2.24, 2.45) is 4.99 Å². The van der Waals surface area contributed by atoms with Gasteiger partial charge in [-0.25, -0.2) is 9.37 Å². The lowest BCUT2D eigenvalue weighted by atomic mass is 10.1. The number of benzene rings is 2. The van der Waals surface area contributed by atoms with Crippen LogP contribution in [0.1, 0.15) is 11.4 Å². The van der Waals surface area contributed by atoms with E-state index in [0.717, 1.165) is 29.1 Å². The molecule has 1 aromatic heterocycles. The quantitative estimate of drug-likeness (QED) is 0.287. The third-order valence-electron chi connectivity index (χ3n) is 3.96. The van der Waals surface area contributed by atoms with Crippen LogP contribution in [0.25, 0.3) is 11.3 Å². The summed E-state index contributed by atoms with van der Waals surface area (Å²) in [5, 5.41) is 6.44. The second-order valence-electron chi connectivity index (χ2n) is 5.84. The van der Waals surface area contributed by atoms with Gasteiger partial charge in [0.2, 0.25) is 0 Å². The van der Waals surface area contributed by atoms with Gasteiger partial charge in [0.15, 0.2) is 5.96 Å². The summed E-state index contributed by atoms with van der Waals surface area (Å²) in [5.41, 5.74) is 3.03. The molecular formula is C20H23FIN5. The van der Waals surface area contributed by atoms with Crippen molar-refractivity contribution in [1.29, 1.82) is 0 Å². The van der Waals surface area contributed by atoms with Crippen LogP contribution in [0.15, 0.2) is 65.8 Å². The van der Waals surface area contributed by atoms with E-state index in [9.17, 15) is 4.39 Å². The number of hydrogen-bond donors (Lipinski definition) is 3. The van der Waals surface area contributed by atoms with E-state index in [1.807, 2.05) is 42.6 Å². The van der Waals surface area contributed by atoms with Gasteiger partial charge in [-0.3, -0.25) is 4.99 Å². The summed E-state index contributed by atoms with van der Waals surface area (Å²) < 4.78 is 13.2. The highest BCUT2D eigenvalue weighted by Crippen LogP contribution is 2.15. The van der Waals surface area contributed by atoms with Crippen molar-refractivity contribution in [3.63, 3.8) is 0 Å². The van der Waals surface area contributed by atoms with Crippen molar-refractivity contribution in [1.82, 2.24) is 20.6 Å². The summed E-state index contributed by atoms with van der Waals surface area (Å²) in [7, 11) is 1.72. The number of H-pyrrole nitrogens is 1. The molecule has 0 aliphatic rings. The van der Waals surface area contributed by atoms with Crippen LogP contribution < -0.4 is 10.6 Å². The Labute approximate surface area is 175 Å². The number of halogens is 2. The highest BCUT2D eigenvalue weighted by molar-refractivity contribution is 14.0. The van der Waals surface area contributed by atoms with E-state index < -0.39 is 0 Å². The molecule has 0 saturated heterocycles. The van der Waals surface area contributed by atoms with E-state index in [-0.39, 0.29) is 29.8 Å². The average Bonchev–Trinajstić information content (AvgIpc) is 3.14. The minimum atomic E-state index is -0.211. The summed E-state index contributed by atoms with van der Waals surface area (Å²) in [6.07, 6.45) is 2.55. The summed E-state index contributed by atoms with van der Waals surface area (Å²) in [4.78, 5) is 11.9. The molecular weight excluding hydrogens is 456 g/mol. The molecule has 0 atom stereocenters. The van der Waals surface area contributed by atoms with Gasteiger partial charge >= 0.3 is 0 Å². The molecule has 3 rings (SSSR count). The number of guanidine groups is 1. The Morgan fingerprint density at radius 2 is 1.93 bits per heavy atom. The maximum Gasteiger partial charge on any atom is 0.191 e. The molecule has 0 aliphatic carbocycles. The van der Waals surface area contributed by atoms with E-state index in [2.05, 4.69) is 25.6 Å². The first kappa shape index (κ1) is 20.9. The molecule has 5 nitrogen and oxygen atoms in total. The Bertz CT molecular complexity index is 864. The summed E-state index contributed by atoms with van der Waals surface area (Å²) in [6.45, 7) is 1.20. The van der Waals surface area contributed by atoms with Gasteiger partial charge in [-0.2, -0.15) is 0 Å². The van der Waals surface area contributed by atoms with Crippen LogP contribution >= 0.6 is 24.0 Å². The number of nitrogens with one attached hydrogen (secondary N) is 3. The first-order valence-electron chi connectivity index (χ1n) is 8.53. The van der Waals surface area contributed by atoms with E-state index in [0.29, 0.717) is 19.0 Å². The molecule has 0 fully saturated rings. The van der Waals surface area contributed by atoms with Gasteiger partial charge in [0.05, 0.1) is 18.4 Å². The maximum atomic E-state index is 13.2. The number of aromatic nitrogens is 2. The molecule has 0 unspecified atom stereocenters. The van der Waals surface area contributed by atoms with Crippen LogP contribution in [-0.2, 0) is 13.0 Å². The third kappa shape index (κ3) is 6.35. The average molecular weight is 479 g/mol. The highest BCUT2D eigenvalue weighted by Gasteiger charge is 2.04. The van der Waals surface area contributed by atoms with E-state index in [1.165, 1.54) is 6.07 Å². The number of nitrogens with zero attached hydrogens (tertiary/aromatic N) is 2. The number of rotatable bonds is 6. The molecule has 2 aromatic carbocycles. The Morgan fingerprint density at radius 3 is 2.67 bits per heavy atom. The van der Waals surface area contributed by atoms with E-state index >= 15 is 0 Å². The van der Waals surface area contributed by atoms with Crippen LogP contribution in [0.5, 0.6) is 0 Å². The smallest absolute Gasteiger partial charge is 0.191 e. The Hall–Kier alpha value is -2.42. The maximum absolute atomic E-state index is 13.2. The van der Waals surface area contributed by atoms with Crippen molar-refractivity contribution in [2.45, 2.75) is 13.0 Å². The fourth-order valence-electron chi connectivity index (χ4n) is 2.62. The number of hydrogen-bond acceptors (Lipinski definition) is 2. The lowest BCUT2D eigenvalue weighted by Gasteiger charge is -2.11. The van der Waals surface area contributed by atoms with E-state index in [4.69, 9.17) is 0 Å². The second-order valence-corrected chi connectivity index (χ2v) is 5.84. The van der Waals surface area contributed by atoms with Gasteiger partial charge in [0.1, 0.15) is 11.6 Å². The van der Waals surface area contributed by atoms with Crippen LogP contribution in [0, 0.1) is 5.82 Å². The van der Waals surface area contributed by atoms with Crippen molar-refractivity contribution < 1.29 is 4.39 Å². The predicted molar refractivity (Wildman–Crippen MR) is 118 cm³/mol. The van der Waals surface area contributed by atoms with Gasteiger partial charge in [0.25, 0.3) is 0 Å². The molecule has 0 spiro atoms. The van der Waals surface area contributed by atoms with E-state index in [1.54, 1.807) is 19.2 Å². The lowest BCUT2D eigenvalue weighted by molar-refractivity contribution is 0.625. The SMILES string of the molecule is CN=C(NCCc1cccc(F)c1)NCc1ncc(-c2ccccc2)[nH]1.I. The summed E-state index contributed by atoms with van der Waals surface area (Å²) in [6, 6.07) is 16.7. The van der Waals surface area contributed by atoms with Gasteiger partial charge in [-0.05, 0) is 29.7 Å². The van der Waals surface area contributed by atoms with Crippen LogP contribution in [0.4, 0.5) is 4.39 Å². The zero-order valence-corrected chi connectivity index (χ0v) is 17.4. The molecule has 0 amide bonds. The number of imidazole rings is 1. The zero-order chi connectivity index (χ0) is 18.2. The zero-order valence-electron chi connectivity index (χ0n) is 15.1. The van der Waals surface area contributed by atoms with Gasteiger partial charge in [0, 0.05) is 13.6 Å². The van der Waals surface area contributed by atoms with Crippen molar-refractivity contribution in [2.75, 3.05) is 13.6 Å².